The molecule has 0 saturated carbocycles. The highest BCUT2D eigenvalue weighted by molar-refractivity contribution is 6.42. The predicted octanol–water partition coefficient (Wildman–Crippen LogP) is 2.00. The lowest BCUT2D eigenvalue weighted by Crippen LogP contribution is -2.53. The molecule has 0 spiro atoms. The molecule has 1 aromatic heterocycles. The highest BCUT2D eigenvalue weighted by Gasteiger charge is 2.30. The average molecular weight is 312 g/mol. The molecule has 0 radical (unpaired) electrons. The number of nitrogens with zero attached hydrogens (tertiary/aromatic N) is 3. The molecule has 1 aromatic carbocycles. The van der Waals surface area contributed by atoms with E-state index >= 15 is 0 Å². The van der Waals surface area contributed by atoms with Crippen LogP contribution in [0.2, 0.25) is 10.0 Å². The van der Waals surface area contributed by atoms with Gasteiger partial charge in [0.1, 0.15) is 0 Å². The Hall–Kier alpha value is -1.56. The van der Waals surface area contributed by atoms with Gasteiger partial charge in [-0.05, 0) is 24.3 Å². The number of halogens is 2. The van der Waals surface area contributed by atoms with Gasteiger partial charge in [0.25, 0.3) is 5.91 Å². The maximum atomic E-state index is 12.0. The molecule has 3 rings (SSSR count). The maximum Gasteiger partial charge on any atom is 0.274 e. The summed E-state index contributed by atoms with van der Waals surface area (Å²) in [7, 11) is 0. The summed E-state index contributed by atoms with van der Waals surface area (Å²) in [6.45, 7) is 0.719. The van der Waals surface area contributed by atoms with E-state index in [1.807, 2.05) is 0 Å². The molecule has 0 unspecified atom stereocenters. The molecule has 2 heterocycles. The molecular formula is C13H11Cl2N3O2. The summed E-state index contributed by atoms with van der Waals surface area (Å²) in [4.78, 5) is 13.6. The monoisotopic (exact) mass is 311 g/mol. The number of amides is 1. The van der Waals surface area contributed by atoms with Crippen molar-refractivity contribution < 1.29 is 9.90 Å². The van der Waals surface area contributed by atoms with Gasteiger partial charge in [-0.25, -0.2) is 4.68 Å². The van der Waals surface area contributed by atoms with E-state index in [9.17, 15) is 9.90 Å². The zero-order valence-corrected chi connectivity index (χ0v) is 11.8. The first-order valence-electron chi connectivity index (χ1n) is 6.03. The standard InChI is InChI=1S/C13H11Cl2N3O2/c14-10-2-1-8(5-11(10)15)18-4-3-12(16-18)13(20)17-6-9(19)7-17/h1-5,9,19H,6-7H2. The van der Waals surface area contributed by atoms with Crippen molar-refractivity contribution in [2.45, 2.75) is 6.10 Å². The number of aliphatic hydroxyl groups excluding tert-OH is 1. The Balaban J connectivity index is 1.82. The first-order valence-corrected chi connectivity index (χ1v) is 6.78. The van der Waals surface area contributed by atoms with E-state index in [0.717, 1.165) is 5.69 Å². The van der Waals surface area contributed by atoms with Crippen LogP contribution in [0.1, 0.15) is 10.5 Å². The third-order valence-electron chi connectivity index (χ3n) is 3.13. The number of hydrogen-bond donors (Lipinski definition) is 1. The van der Waals surface area contributed by atoms with E-state index in [0.29, 0.717) is 28.8 Å². The minimum Gasteiger partial charge on any atom is -0.389 e. The van der Waals surface area contributed by atoms with Crippen LogP contribution in [0.3, 0.4) is 0 Å². The number of carbonyl (C=O) groups excluding carboxylic acids is 1. The lowest BCUT2D eigenvalue weighted by molar-refractivity contribution is 0.00547. The van der Waals surface area contributed by atoms with Crippen molar-refractivity contribution in [1.82, 2.24) is 14.7 Å². The van der Waals surface area contributed by atoms with Crippen molar-refractivity contribution in [1.29, 1.82) is 0 Å². The first kappa shape index (κ1) is 13.4. The Morgan fingerprint density at radius 1 is 1.25 bits per heavy atom. The molecule has 1 amide bonds. The van der Waals surface area contributed by atoms with Gasteiger partial charge in [-0.3, -0.25) is 4.79 Å². The molecule has 1 N–H and O–H groups in total. The van der Waals surface area contributed by atoms with E-state index in [1.54, 1.807) is 40.0 Å². The smallest absolute Gasteiger partial charge is 0.274 e. The molecule has 0 aliphatic carbocycles. The Bertz CT molecular complexity index is 665. The van der Waals surface area contributed by atoms with Crippen molar-refractivity contribution in [3.63, 3.8) is 0 Å². The highest BCUT2D eigenvalue weighted by Crippen LogP contribution is 2.24. The van der Waals surface area contributed by atoms with Gasteiger partial charge >= 0.3 is 0 Å². The topological polar surface area (TPSA) is 58.4 Å². The average Bonchev–Trinajstić information content (AvgIpc) is 2.87. The van der Waals surface area contributed by atoms with Crippen LogP contribution in [0, 0.1) is 0 Å². The van der Waals surface area contributed by atoms with E-state index in [1.165, 1.54) is 0 Å². The van der Waals surface area contributed by atoms with Gasteiger partial charge < -0.3 is 10.0 Å². The molecule has 7 heteroatoms. The third kappa shape index (κ3) is 2.40. The SMILES string of the molecule is O=C(c1ccn(-c2ccc(Cl)c(Cl)c2)n1)N1CC(O)C1. The fourth-order valence-corrected chi connectivity index (χ4v) is 2.28. The molecule has 1 fully saturated rings. The van der Waals surface area contributed by atoms with Gasteiger partial charge in [-0.2, -0.15) is 5.10 Å². The maximum absolute atomic E-state index is 12.0. The molecule has 1 aliphatic heterocycles. The summed E-state index contributed by atoms with van der Waals surface area (Å²) in [5.41, 5.74) is 1.06. The zero-order chi connectivity index (χ0) is 14.3. The van der Waals surface area contributed by atoms with Gasteiger partial charge in [-0.15, -0.1) is 0 Å². The van der Waals surface area contributed by atoms with Crippen molar-refractivity contribution in [3.8, 4) is 5.69 Å². The van der Waals surface area contributed by atoms with E-state index in [4.69, 9.17) is 23.2 Å². The van der Waals surface area contributed by atoms with Crippen molar-refractivity contribution in [2.75, 3.05) is 13.1 Å². The molecule has 104 valence electrons. The largest absolute Gasteiger partial charge is 0.389 e. The normalized spacial score (nSPS) is 15.2. The Labute approximate surface area is 125 Å². The van der Waals surface area contributed by atoms with Crippen molar-refractivity contribution in [3.05, 3.63) is 46.2 Å². The second-order valence-corrected chi connectivity index (χ2v) is 5.42. The van der Waals surface area contributed by atoms with Crippen LogP contribution < -0.4 is 0 Å². The second-order valence-electron chi connectivity index (χ2n) is 4.61. The Morgan fingerprint density at radius 3 is 2.65 bits per heavy atom. The van der Waals surface area contributed by atoms with Gasteiger partial charge in [0.05, 0.1) is 21.8 Å². The third-order valence-corrected chi connectivity index (χ3v) is 3.86. The fraction of sp³-hybridized carbons (Fsp3) is 0.231. The number of aromatic nitrogens is 2. The van der Waals surface area contributed by atoms with Crippen LogP contribution >= 0.6 is 23.2 Å². The lowest BCUT2D eigenvalue weighted by Gasteiger charge is -2.35. The summed E-state index contributed by atoms with van der Waals surface area (Å²) < 4.78 is 1.56. The van der Waals surface area contributed by atoms with Gasteiger partial charge in [-0.1, -0.05) is 23.2 Å². The molecule has 0 atom stereocenters. The van der Waals surface area contributed by atoms with Crippen LogP contribution in [0.5, 0.6) is 0 Å². The van der Waals surface area contributed by atoms with Crippen molar-refractivity contribution >= 4 is 29.1 Å². The number of benzene rings is 1. The molecule has 5 nitrogen and oxygen atoms in total. The highest BCUT2D eigenvalue weighted by atomic mass is 35.5. The summed E-state index contributed by atoms with van der Waals surface area (Å²) >= 11 is 11.8. The number of rotatable bonds is 2. The number of hydrogen-bond acceptors (Lipinski definition) is 3. The summed E-state index contributed by atoms with van der Waals surface area (Å²) in [6, 6.07) is 6.76. The molecule has 0 bridgehead atoms. The van der Waals surface area contributed by atoms with Crippen LogP contribution in [0.4, 0.5) is 0 Å². The minimum atomic E-state index is -0.420. The van der Waals surface area contributed by atoms with Crippen LogP contribution in [0.25, 0.3) is 5.69 Å². The van der Waals surface area contributed by atoms with E-state index in [-0.39, 0.29) is 5.91 Å². The summed E-state index contributed by atoms with van der Waals surface area (Å²) in [5.74, 6) is -0.186. The number of aliphatic hydroxyl groups is 1. The van der Waals surface area contributed by atoms with E-state index < -0.39 is 6.10 Å². The van der Waals surface area contributed by atoms with Gasteiger partial charge in [0.15, 0.2) is 5.69 Å². The van der Waals surface area contributed by atoms with Crippen LogP contribution in [-0.4, -0.2) is 44.9 Å². The molecule has 2 aromatic rings. The number of carbonyl (C=O) groups is 1. The van der Waals surface area contributed by atoms with Crippen LogP contribution in [0.15, 0.2) is 30.5 Å². The van der Waals surface area contributed by atoms with Gasteiger partial charge in [0, 0.05) is 19.3 Å². The minimum absolute atomic E-state index is 0.186. The molecule has 1 saturated heterocycles. The summed E-state index contributed by atoms with van der Waals surface area (Å²) in [5, 5.41) is 14.3. The van der Waals surface area contributed by atoms with Crippen molar-refractivity contribution in [2.24, 2.45) is 0 Å². The van der Waals surface area contributed by atoms with Gasteiger partial charge in [0.2, 0.25) is 0 Å². The summed E-state index contributed by atoms with van der Waals surface area (Å²) in [6.07, 6.45) is 1.26. The predicted molar refractivity (Wildman–Crippen MR) is 75.5 cm³/mol. The fourth-order valence-electron chi connectivity index (χ4n) is 1.99. The molecular weight excluding hydrogens is 301 g/mol. The number of β-amino-alcohol motifs (C(OH)–C–C–N with tert-alkyl or cyclic N) is 1. The van der Waals surface area contributed by atoms with E-state index in [2.05, 4.69) is 5.10 Å². The van der Waals surface area contributed by atoms with Crippen LogP contribution in [-0.2, 0) is 0 Å². The lowest BCUT2D eigenvalue weighted by atomic mass is 10.1. The number of likely N-dealkylation sites (tertiary alicyclic amines) is 1. The zero-order valence-electron chi connectivity index (χ0n) is 10.3. The first-order chi connectivity index (χ1) is 9.54. The quantitative estimate of drug-likeness (QED) is 0.923. The Kier molecular flexibility index (Phi) is 3.41. The molecule has 1 aliphatic rings. The second kappa shape index (κ2) is 5.09. The molecule has 20 heavy (non-hydrogen) atoms. The Morgan fingerprint density at radius 2 is 2.00 bits per heavy atom.